The van der Waals surface area contributed by atoms with Gasteiger partial charge in [0.15, 0.2) is 0 Å². The Morgan fingerprint density at radius 1 is 0.667 bits per heavy atom. The van der Waals surface area contributed by atoms with Crippen molar-refractivity contribution in [2.75, 3.05) is 0 Å². The standard InChI is InChI=1S/C22H32Si2.2BrH.Hf/c1-23(2,21-15-13-17-9-5-7-11-19(17)21)24(3,4)22-16-14-18-10-6-8-12-20(18)22;;;/h13-16H,5-12H2,1-4H3;2*1H;/q;;;+2/p-2. The number of halogens is 2. The molecular formula is C22H32Br2HfSi2. The van der Waals surface area contributed by atoms with Crippen LogP contribution in [0.5, 0.6) is 0 Å². The van der Waals surface area contributed by atoms with Crippen molar-refractivity contribution in [3.63, 3.8) is 0 Å². The monoisotopic (exact) mass is 690 g/mol. The molecule has 0 nitrogen and oxygen atoms in total. The molecule has 0 saturated carbocycles. The van der Waals surface area contributed by atoms with Crippen molar-refractivity contribution in [1.82, 2.24) is 0 Å². The van der Waals surface area contributed by atoms with E-state index in [1.54, 1.807) is 11.1 Å². The van der Waals surface area contributed by atoms with Crippen LogP contribution in [-0.2, 0) is 22.9 Å². The third kappa shape index (κ3) is 2.69. The molecule has 1 fully saturated rings. The Morgan fingerprint density at radius 3 is 1.44 bits per heavy atom. The Balaban J connectivity index is 0.00000105. The van der Waals surface area contributed by atoms with E-state index in [0.29, 0.717) is 5.59 Å². The van der Waals surface area contributed by atoms with Crippen LogP contribution in [-0.4, -0.2) is 15.2 Å². The van der Waals surface area contributed by atoms with Crippen LogP contribution in [0.3, 0.4) is 0 Å². The summed E-state index contributed by atoms with van der Waals surface area (Å²) >= 11 is -0.891. The Kier molecular flexibility index (Phi) is 6.29. The molecule has 5 heteroatoms. The van der Waals surface area contributed by atoms with Gasteiger partial charge in [-0.2, -0.15) is 0 Å². The molecule has 27 heavy (non-hydrogen) atoms. The van der Waals surface area contributed by atoms with Gasteiger partial charge in [-0.25, -0.2) is 0 Å². The zero-order valence-corrected chi connectivity index (χ0v) is 26.0. The van der Waals surface area contributed by atoms with Crippen LogP contribution in [0.2, 0.25) is 31.8 Å². The van der Waals surface area contributed by atoms with Gasteiger partial charge in [0.05, 0.1) is 0 Å². The van der Waals surface area contributed by atoms with Crippen molar-refractivity contribution < 1.29 is 56.9 Å². The van der Waals surface area contributed by atoms with E-state index in [0.717, 1.165) is 0 Å². The van der Waals surface area contributed by atoms with Crippen LogP contribution in [0, 0.1) is 0 Å². The largest absolute Gasteiger partial charge is 1.00 e. The minimum Gasteiger partial charge on any atom is -1.00 e. The third-order valence-electron chi connectivity index (χ3n) is 8.97. The summed E-state index contributed by atoms with van der Waals surface area (Å²) < 4.78 is 1.37. The van der Waals surface area contributed by atoms with Crippen LogP contribution in [0.25, 0.3) is 0 Å². The zero-order valence-electron chi connectivity index (χ0n) is 17.2. The average molecular weight is 691 g/mol. The molecule has 2 spiro atoms. The number of fused-ring (bicyclic) bond motifs is 2. The Labute approximate surface area is 200 Å². The van der Waals surface area contributed by atoms with Gasteiger partial charge in [-0.15, -0.1) is 0 Å². The van der Waals surface area contributed by atoms with Crippen LogP contribution in [0.4, 0.5) is 0 Å². The molecule has 146 valence electrons. The maximum atomic E-state index is 2.84. The summed E-state index contributed by atoms with van der Waals surface area (Å²) in [7, 11) is -2.62. The molecule has 5 aliphatic rings. The maximum Gasteiger partial charge on any atom is -1.00 e. The van der Waals surface area contributed by atoms with E-state index >= 15 is 0 Å². The second-order valence-electron chi connectivity index (χ2n) is 10.1. The van der Waals surface area contributed by atoms with Gasteiger partial charge in [-0.05, 0) is 0 Å². The summed E-state index contributed by atoms with van der Waals surface area (Å²) in [6.07, 6.45) is 22.4. The zero-order chi connectivity index (χ0) is 17.5. The van der Waals surface area contributed by atoms with Crippen LogP contribution in [0.15, 0.2) is 46.6 Å². The first-order valence-corrected chi connectivity index (χ1v) is 21.1. The molecular weight excluding hydrogens is 659 g/mol. The van der Waals surface area contributed by atoms with Crippen molar-refractivity contribution in [3.05, 3.63) is 46.6 Å². The minimum atomic E-state index is -1.31. The molecule has 1 aliphatic heterocycles. The third-order valence-corrected chi connectivity index (χ3v) is 55.8. The number of allylic oxidation sites excluding steroid dienone is 8. The quantitative estimate of drug-likeness (QED) is 0.332. The summed E-state index contributed by atoms with van der Waals surface area (Å²) in [5.41, 5.74) is 7.63. The minimum absolute atomic E-state index is 0. The van der Waals surface area contributed by atoms with Gasteiger partial charge in [-0.1, -0.05) is 0 Å². The van der Waals surface area contributed by atoms with Crippen LogP contribution in [0.1, 0.15) is 51.4 Å². The molecule has 0 aromatic carbocycles. The molecule has 0 radical (unpaired) electrons. The second-order valence-corrected chi connectivity index (χ2v) is 35.8. The van der Waals surface area contributed by atoms with Gasteiger partial charge in [0, 0.05) is 0 Å². The smallest absolute Gasteiger partial charge is 1.00 e. The van der Waals surface area contributed by atoms with Crippen molar-refractivity contribution >= 4 is 15.2 Å². The molecule has 2 unspecified atom stereocenters. The molecule has 0 aromatic heterocycles. The number of hydrogen-bond acceptors (Lipinski definition) is 0. The Morgan fingerprint density at radius 2 is 1.04 bits per heavy atom. The van der Waals surface area contributed by atoms with E-state index in [1.807, 2.05) is 11.1 Å². The van der Waals surface area contributed by atoms with E-state index in [9.17, 15) is 0 Å². The number of hydrogen-bond donors (Lipinski definition) is 0. The fourth-order valence-corrected chi connectivity index (χ4v) is 60.6. The van der Waals surface area contributed by atoms with E-state index in [-0.39, 0.29) is 34.0 Å². The van der Waals surface area contributed by atoms with Crippen LogP contribution >= 0.6 is 0 Å². The molecule has 4 aliphatic carbocycles. The van der Waals surface area contributed by atoms with E-state index in [2.05, 4.69) is 50.5 Å². The SMILES string of the molecule is C[Si]1(C)[C]2(C=CC3=C2CCCC3)[Hf+2][C]2(C=CC3=C2CCCC3)[Si]1(C)C.[Br-].[Br-]. The molecule has 1 heterocycles. The van der Waals surface area contributed by atoms with Crippen LogP contribution < -0.4 is 34.0 Å². The second kappa shape index (κ2) is 7.42. The molecule has 1 saturated heterocycles. The van der Waals surface area contributed by atoms with Gasteiger partial charge < -0.3 is 34.0 Å². The van der Waals surface area contributed by atoms with Crippen molar-refractivity contribution in [1.29, 1.82) is 0 Å². The topological polar surface area (TPSA) is 0 Å². The normalized spacial score (nSPS) is 36.9. The predicted octanol–water partition coefficient (Wildman–Crippen LogP) is 0.862. The summed E-state index contributed by atoms with van der Waals surface area (Å²) in [5.74, 6) is 0. The van der Waals surface area contributed by atoms with Gasteiger partial charge in [-0.3, -0.25) is 0 Å². The van der Waals surface area contributed by atoms with E-state index in [4.69, 9.17) is 0 Å². The summed E-state index contributed by atoms with van der Waals surface area (Å²) in [6, 6.07) is 0. The summed E-state index contributed by atoms with van der Waals surface area (Å²) in [4.78, 5) is 0. The van der Waals surface area contributed by atoms with Crippen molar-refractivity contribution in [3.8, 4) is 0 Å². The summed E-state index contributed by atoms with van der Waals surface area (Å²) in [6.45, 7) is 11.4. The Hall–Kier alpha value is 1.22. The molecule has 0 aromatic rings. The average Bonchev–Trinajstić information content (AvgIpc) is 3.20. The molecule has 0 amide bonds. The first-order chi connectivity index (χ1) is 11.9. The molecule has 0 N–H and O–H groups in total. The fraction of sp³-hybridized carbons (Fsp3) is 0.636. The van der Waals surface area contributed by atoms with Gasteiger partial charge >= 0.3 is 168 Å². The maximum absolute atomic E-state index is 2.84. The first kappa shape index (κ1) is 22.9. The number of rotatable bonds is 0. The molecule has 0 bridgehead atoms. The summed E-state index contributed by atoms with van der Waals surface area (Å²) in [5, 5.41) is 0. The molecule has 5 rings (SSSR count). The van der Waals surface area contributed by atoms with Crippen molar-refractivity contribution in [2.24, 2.45) is 0 Å². The first-order valence-electron chi connectivity index (χ1n) is 10.5. The van der Waals surface area contributed by atoms with Gasteiger partial charge in [0.2, 0.25) is 0 Å². The van der Waals surface area contributed by atoms with E-state index < -0.39 is 38.1 Å². The van der Waals surface area contributed by atoms with Gasteiger partial charge in [0.1, 0.15) is 0 Å². The fourth-order valence-electron chi connectivity index (χ4n) is 6.79. The molecule has 2 atom stereocenters. The predicted molar refractivity (Wildman–Crippen MR) is 110 cm³/mol. The van der Waals surface area contributed by atoms with Gasteiger partial charge in [0.25, 0.3) is 0 Å². The van der Waals surface area contributed by atoms with Crippen molar-refractivity contribution in [2.45, 2.75) is 83.1 Å². The van der Waals surface area contributed by atoms with E-state index in [1.165, 1.54) is 51.4 Å². The Bertz CT molecular complexity index is 713.